The number of carbonyl (C=O) groups excluding carboxylic acids is 1. The van der Waals surface area contributed by atoms with Crippen molar-refractivity contribution in [2.24, 2.45) is 5.92 Å². The van der Waals surface area contributed by atoms with E-state index in [1.165, 1.54) is 0 Å². The number of diazo groups is 1. The fourth-order valence-corrected chi connectivity index (χ4v) is 0.115. The van der Waals surface area contributed by atoms with Crippen LogP contribution in [0.1, 0.15) is 13.8 Å². The molecule has 0 rings (SSSR count). The minimum absolute atomic E-state index is 0.190. The molecule has 0 atom stereocenters. The molecule has 0 heterocycles. The first-order chi connectivity index (χ1) is 3.18. The van der Waals surface area contributed by atoms with Crippen molar-refractivity contribution < 1.29 is 4.79 Å². The standard InChI is InChI=1S/C4H7N2O/c1-3(2)4(7)6-5/h3H,1-2H3/q+1. The summed E-state index contributed by atoms with van der Waals surface area (Å²) in [6, 6.07) is 0. The average molecular weight is 99.1 g/mol. The summed E-state index contributed by atoms with van der Waals surface area (Å²) in [5, 5.41) is 7.78. The Kier molecular flexibility index (Phi) is 2.00. The largest absolute Gasteiger partial charge is 0.562 e. The predicted octanol–water partition coefficient (Wildman–Crippen LogP) is 1.02. The Hall–Kier alpha value is -0.910. The molecule has 0 N–H and O–H groups in total. The quantitative estimate of drug-likeness (QED) is 0.461. The highest BCUT2D eigenvalue weighted by atomic mass is 16.1. The highest BCUT2D eigenvalue weighted by Gasteiger charge is 2.18. The topological polar surface area (TPSA) is 45.2 Å². The third-order valence-corrected chi connectivity index (χ3v) is 0.592. The zero-order chi connectivity index (χ0) is 5.86. The summed E-state index contributed by atoms with van der Waals surface area (Å²) in [7, 11) is 0. The van der Waals surface area contributed by atoms with Gasteiger partial charge in [-0.1, -0.05) is 0 Å². The molecule has 0 aliphatic heterocycles. The van der Waals surface area contributed by atoms with Crippen LogP contribution in [0.4, 0.5) is 0 Å². The van der Waals surface area contributed by atoms with E-state index >= 15 is 0 Å². The third-order valence-electron chi connectivity index (χ3n) is 0.592. The van der Waals surface area contributed by atoms with Crippen molar-refractivity contribution in [2.45, 2.75) is 13.8 Å². The first-order valence-electron chi connectivity index (χ1n) is 2.07. The number of hydrogen-bond acceptors (Lipinski definition) is 2. The van der Waals surface area contributed by atoms with Crippen LogP contribution in [0.5, 0.6) is 0 Å². The van der Waals surface area contributed by atoms with Gasteiger partial charge in [-0.2, -0.15) is 4.79 Å². The van der Waals surface area contributed by atoms with E-state index in [0.717, 1.165) is 0 Å². The maximum Gasteiger partial charge on any atom is 0.562 e. The fraction of sp³-hybridized carbons (Fsp3) is 0.750. The zero-order valence-corrected chi connectivity index (χ0v) is 4.38. The van der Waals surface area contributed by atoms with Gasteiger partial charge in [0, 0.05) is 0 Å². The van der Waals surface area contributed by atoms with Crippen molar-refractivity contribution in [1.29, 1.82) is 5.39 Å². The summed E-state index contributed by atoms with van der Waals surface area (Å²) in [4.78, 5) is 12.5. The molecule has 0 aliphatic carbocycles. The van der Waals surface area contributed by atoms with E-state index in [9.17, 15) is 4.79 Å². The van der Waals surface area contributed by atoms with Crippen molar-refractivity contribution in [3.63, 3.8) is 0 Å². The fourth-order valence-electron chi connectivity index (χ4n) is 0.115. The second kappa shape index (κ2) is 2.30. The van der Waals surface area contributed by atoms with Gasteiger partial charge in [-0.25, -0.2) is 0 Å². The lowest BCUT2D eigenvalue weighted by molar-refractivity contribution is -0.117. The zero-order valence-electron chi connectivity index (χ0n) is 4.38. The number of rotatable bonds is 1. The molecule has 0 radical (unpaired) electrons. The smallest absolute Gasteiger partial charge is 0.197 e. The first kappa shape index (κ1) is 6.09. The molecular weight excluding hydrogens is 92.1 g/mol. The van der Waals surface area contributed by atoms with Crippen LogP contribution in [0.25, 0.3) is 4.98 Å². The van der Waals surface area contributed by atoms with Crippen LogP contribution in [0.3, 0.4) is 0 Å². The molecule has 3 nitrogen and oxygen atoms in total. The van der Waals surface area contributed by atoms with E-state index in [-0.39, 0.29) is 5.92 Å². The van der Waals surface area contributed by atoms with Gasteiger partial charge in [0.2, 0.25) is 10.4 Å². The minimum atomic E-state index is -0.472. The highest BCUT2D eigenvalue weighted by molar-refractivity contribution is 5.86. The van der Waals surface area contributed by atoms with Crippen LogP contribution in [-0.4, -0.2) is 5.91 Å². The van der Waals surface area contributed by atoms with Crippen LogP contribution in [-0.2, 0) is 4.79 Å². The van der Waals surface area contributed by atoms with Gasteiger partial charge in [0.15, 0.2) is 0 Å². The molecule has 0 aromatic heterocycles. The molecule has 0 bridgehead atoms. The van der Waals surface area contributed by atoms with E-state index in [2.05, 4.69) is 4.98 Å². The summed E-state index contributed by atoms with van der Waals surface area (Å²) >= 11 is 0. The monoisotopic (exact) mass is 99.1 g/mol. The molecule has 0 saturated carbocycles. The van der Waals surface area contributed by atoms with Crippen molar-refractivity contribution in [3.05, 3.63) is 4.98 Å². The van der Waals surface area contributed by atoms with Gasteiger partial charge in [0.1, 0.15) is 5.92 Å². The number of carbonyl (C=O) groups is 1. The Morgan fingerprint density at radius 1 is 1.71 bits per heavy atom. The average Bonchev–Trinajstić information content (AvgIpc) is 1.65. The van der Waals surface area contributed by atoms with E-state index in [1.807, 2.05) is 0 Å². The SMILES string of the molecule is CC(C)C(=O)[N+]#N. The lowest BCUT2D eigenvalue weighted by Gasteiger charge is -1.76. The van der Waals surface area contributed by atoms with E-state index in [0.29, 0.717) is 0 Å². The van der Waals surface area contributed by atoms with Gasteiger partial charge in [-0.05, 0) is 13.8 Å². The van der Waals surface area contributed by atoms with Crippen molar-refractivity contribution >= 4 is 5.91 Å². The van der Waals surface area contributed by atoms with Gasteiger partial charge in [-0.15, -0.1) is 0 Å². The molecule has 38 valence electrons. The van der Waals surface area contributed by atoms with Crippen LogP contribution in [0, 0.1) is 11.3 Å². The first-order valence-corrected chi connectivity index (χ1v) is 2.07. The lowest BCUT2D eigenvalue weighted by Crippen LogP contribution is -1.98. The lowest BCUT2D eigenvalue weighted by atomic mass is 10.2. The summed E-state index contributed by atoms with van der Waals surface area (Å²) in [5.74, 6) is -0.662. The molecule has 3 heteroatoms. The van der Waals surface area contributed by atoms with E-state index < -0.39 is 5.91 Å². The minimum Gasteiger partial charge on any atom is -0.197 e. The maximum absolute atomic E-state index is 10.1. The summed E-state index contributed by atoms with van der Waals surface area (Å²) in [5.41, 5.74) is 0. The van der Waals surface area contributed by atoms with Crippen molar-refractivity contribution in [1.82, 2.24) is 0 Å². The summed E-state index contributed by atoms with van der Waals surface area (Å²) < 4.78 is 0. The Balaban J connectivity index is 3.64. The molecule has 0 spiro atoms. The van der Waals surface area contributed by atoms with E-state index in [4.69, 9.17) is 5.39 Å². The van der Waals surface area contributed by atoms with Gasteiger partial charge >= 0.3 is 5.91 Å². The second-order valence-electron chi connectivity index (χ2n) is 1.59. The van der Waals surface area contributed by atoms with Gasteiger partial charge in [0.05, 0.1) is 0 Å². The van der Waals surface area contributed by atoms with Crippen LogP contribution < -0.4 is 0 Å². The Morgan fingerprint density at radius 2 is 2.14 bits per heavy atom. The van der Waals surface area contributed by atoms with Gasteiger partial charge in [0.25, 0.3) is 0 Å². The third kappa shape index (κ3) is 1.88. The summed E-state index contributed by atoms with van der Waals surface area (Å²) in [6.45, 7) is 3.34. The van der Waals surface area contributed by atoms with Crippen LogP contribution in [0.2, 0.25) is 0 Å². The number of hydrogen-bond donors (Lipinski definition) is 0. The predicted molar refractivity (Wildman–Crippen MR) is 24.9 cm³/mol. The molecule has 0 fully saturated rings. The number of nitrogens with zero attached hydrogens (tertiary/aromatic N) is 2. The molecule has 0 unspecified atom stereocenters. The second-order valence-corrected chi connectivity index (χ2v) is 1.59. The molecule has 0 aromatic rings. The Bertz CT molecular complexity index is 111. The van der Waals surface area contributed by atoms with Gasteiger partial charge in [-0.3, -0.25) is 0 Å². The van der Waals surface area contributed by atoms with Crippen molar-refractivity contribution in [3.8, 4) is 0 Å². The summed E-state index contributed by atoms with van der Waals surface area (Å²) in [6.07, 6.45) is 0. The molecule has 0 aliphatic rings. The van der Waals surface area contributed by atoms with Gasteiger partial charge < -0.3 is 0 Å². The Labute approximate surface area is 42.0 Å². The maximum atomic E-state index is 10.1. The number of amides is 1. The Morgan fingerprint density at radius 3 is 2.14 bits per heavy atom. The normalized spacial score (nSPS) is 8.29. The molecule has 0 aromatic carbocycles. The molecule has 0 saturated heterocycles. The highest BCUT2D eigenvalue weighted by Crippen LogP contribution is 1.92. The molecular formula is C4H7N2O+. The van der Waals surface area contributed by atoms with Crippen molar-refractivity contribution in [2.75, 3.05) is 0 Å². The van der Waals surface area contributed by atoms with E-state index in [1.54, 1.807) is 13.8 Å². The molecule has 7 heavy (non-hydrogen) atoms. The molecule has 1 amide bonds. The van der Waals surface area contributed by atoms with Crippen LogP contribution in [0.15, 0.2) is 0 Å². The van der Waals surface area contributed by atoms with Crippen LogP contribution >= 0.6 is 0 Å².